The second-order valence-corrected chi connectivity index (χ2v) is 7.19. The number of rotatable bonds is 6. The van der Waals surface area contributed by atoms with Crippen LogP contribution in [0.25, 0.3) is 21.8 Å². The number of hydrogen-bond donors (Lipinski definition) is 1. The molecule has 7 nitrogen and oxygen atoms in total. The molecule has 27 heavy (non-hydrogen) atoms. The van der Waals surface area contributed by atoms with Crippen LogP contribution in [0.4, 0.5) is 0 Å². The predicted molar refractivity (Wildman–Crippen MR) is 106 cm³/mol. The highest BCUT2D eigenvalue weighted by Crippen LogP contribution is 2.25. The Balaban J connectivity index is 1.52. The maximum atomic E-state index is 12.6. The van der Waals surface area contributed by atoms with Crippen molar-refractivity contribution in [1.29, 1.82) is 0 Å². The normalized spacial score (nSPS) is 15.0. The fourth-order valence-corrected chi connectivity index (χ4v) is 3.94. The largest absolute Gasteiger partial charge is 0.355 e. The second kappa shape index (κ2) is 7.52. The van der Waals surface area contributed by atoms with Crippen LogP contribution in [-0.4, -0.2) is 51.3 Å². The number of nitrogens with zero attached hydrogens (tertiary/aromatic N) is 4. The maximum absolute atomic E-state index is 12.6. The van der Waals surface area contributed by atoms with Crippen molar-refractivity contribution in [2.45, 2.75) is 25.8 Å². The number of hydrogen-bond acceptors (Lipinski definition) is 4. The molecular weight excluding hydrogens is 342 g/mol. The lowest BCUT2D eigenvalue weighted by Crippen LogP contribution is -2.31. The van der Waals surface area contributed by atoms with Crippen LogP contribution in [0.3, 0.4) is 0 Å². The number of fused-ring (bicyclic) bond motifs is 3. The topological polar surface area (TPSA) is 72.2 Å². The molecule has 0 bridgehead atoms. The zero-order valence-corrected chi connectivity index (χ0v) is 15.6. The smallest absolute Gasteiger partial charge is 0.291 e. The summed E-state index contributed by atoms with van der Waals surface area (Å²) in [4.78, 5) is 27.6. The van der Waals surface area contributed by atoms with E-state index in [1.165, 1.54) is 30.6 Å². The Morgan fingerprint density at radius 3 is 2.78 bits per heavy atom. The average molecular weight is 367 g/mol. The summed E-state index contributed by atoms with van der Waals surface area (Å²) in [5.74, 6) is -0.0714. The van der Waals surface area contributed by atoms with Gasteiger partial charge in [0.1, 0.15) is 12.1 Å². The van der Waals surface area contributed by atoms with Gasteiger partial charge in [-0.25, -0.2) is 4.68 Å². The van der Waals surface area contributed by atoms with E-state index in [-0.39, 0.29) is 18.0 Å². The van der Waals surface area contributed by atoms with Gasteiger partial charge in [-0.15, -0.1) is 0 Å². The molecule has 0 spiro atoms. The zero-order chi connectivity index (χ0) is 18.8. The van der Waals surface area contributed by atoms with Gasteiger partial charge in [-0.2, -0.15) is 5.10 Å². The Morgan fingerprint density at radius 1 is 1.19 bits per heavy atom. The minimum atomic E-state index is -0.189. The number of aromatic nitrogens is 3. The highest BCUT2D eigenvalue weighted by molar-refractivity contribution is 6.07. The van der Waals surface area contributed by atoms with Crippen molar-refractivity contribution in [3.05, 3.63) is 40.8 Å². The van der Waals surface area contributed by atoms with Crippen molar-refractivity contribution in [2.75, 3.05) is 26.2 Å². The number of para-hydroxylation sites is 1. The molecular formula is C20H25N5O2. The number of aryl methyl sites for hydroxylation is 1. The van der Waals surface area contributed by atoms with Crippen LogP contribution in [0.2, 0.25) is 0 Å². The van der Waals surface area contributed by atoms with Crippen LogP contribution in [0.5, 0.6) is 0 Å². The molecule has 3 aromatic rings. The summed E-state index contributed by atoms with van der Waals surface area (Å²) in [7, 11) is 1.63. The lowest BCUT2D eigenvalue weighted by molar-refractivity contribution is -0.121. The van der Waals surface area contributed by atoms with Gasteiger partial charge in [-0.05, 0) is 45.0 Å². The van der Waals surface area contributed by atoms with Crippen molar-refractivity contribution in [2.24, 2.45) is 7.05 Å². The highest BCUT2D eigenvalue weighted by atomic mass is 16.2. The Bertz CT molecular complexity index is 1030. The van der Waals surface area contributed by atoms with E-state index in [4.69, 9.17) is 0 Å². The molecule has 142 valence electrons. The van der Waals surface area contributed by atoms with E-state index >= 15 is 0 Å². The highest BCUT2D eigenvalue weighted by Gasteiger charge is 2.17. The minimum Gasteiger partial charge on any atom is -0.355 e. The van der Waals surface area contributed by atoms with Gasteiger partial charge in [0.15, 0.2) is 0 Å². The van der Waals surface area contributed by atoms with Crippen LogP contribution in [0, 0.1) is 0 Å². The molecule has 1 N–H and O–H groups in total. The molecule has 1 saturated heterocycles. The fraction of sp³-hybridized carbons (Fsp3) is 0.450. The van der Waals surface area contributed by atoms with Crippen LogP contribution in [0.15, 0.2) is 35.3 Å². The average Bonchev–Trinajstić information content (AvgIpc) is 3.29. The molecule has 1 fully saturated rings. The molecule has 0 saturated carbocycles. The SMILES string of the molecule is Cn1ncc2c3ccccc3n(CC(=O)NCCCN3CCCC3)c2c1=O. The van der Waals surface area contributed by atoms with Crippen molar-refractivity contribution < 1.29 is 4.79 Å². The number of amides is 1. The van der Waals surface area contributed by atoms with Gasteiger partial charge in [0.25, 0.3) is 5.56 Å². The standard InChI is InChI=1S/C20H25N5O2/c1-23-20(27)19-16(13-22-23)15-7-2-3-8-17(15)25(19)14-18(26)21-9-6-12-24-10-4-5-11-24/h2-3,7-8,13H,4-6,9-12,14H2,1H3,(H,21,26). The number of carbonyl (C=O) groups excluding carboxylic acids is 1. The second-order valence-electron chi connectivity index (χ2n) is 7.19. The summed E-state index contributed by atoms with van der Waals surface area (Å²) in [6.45, 7) is 4.17. The minimum absolute atomic E-state index is 0.0714. The summed E-state index contributed by atoms with van der Waals surface area (Å²) < 4.78 is 3.12. The zero-order valence-electron chi connectivity index (χ0n) is 15.6. The Labute approximate surface area is 157 Å². The maximum Gasteiger partial charge on any atom is 0.291 e. The monoisotopic (exact) mass is 367 g/mol. The van der Waals surface area contributed by atoms with Gasteiger partial charge in [0, 0.05) is 29.9 Å². The van der Waals surface area contributed by atoms with Crippen molar-refractivity contribution in [3.63, 3.8) is 0 Å². The van der Waals surface area contributed by atoms with Gasteiger partial charge in [0.2, 0.25) is 5.91 Å². The third-order valence-electron chi connectivity index (χ3n) is 5.34. The van der Waals surface area contributed by atoms with Gasteiger partial charge < -0.3 is 14.8 Å². The van der Waals surface area contributed by atoms with E-state index < -0.39 is 0 Å². The molecule has 1 aliphatic heterocycles. The Morgan fingerprint density at radius 2 is 1.96 bits per heavy atom. The van der Waals surface area contributed by atoms with E-state index in [9.17, 15) is 9.59 Å². The molecule has 1 aromatic carbocycles. The molecule has 0 unspecified atom stereocenters. The van der Waals surface area contributed by atoms with Crippen molar-refractivity contribution in [1.82, 2.24) is 24.6 Å². The number of carbonyl (C=O) groups is 1. The van der Waals surface area contributed by atoms with Crippen LogP contribution < -0.4 is 10.9 Å². The molecule has 1 amide bonds. The molecule has 3 heterocycles. The molecule has 0 radical (unpaired) electrons. The predicted octanol–water partition coefficient (Wildman–Crippen LogP) is 1.49. The fourth-order valence-electron chi connectivity index (χ4n) is 3.94. The summed E-state index contributed by atoms with van der Waals surface area (Å²) in [5.41, 5.74) is 1.22. The van der Waals surface area contributed by atoms with E-state index in [2.05, 4.69) is 15.3 Å². The summed E-state index contributed by atoms with van der Waals surface area (Å²) in [5, 5.41) is 8.86. The quantitative estimate of drug-likeness (QED) is 0.670. The molecule has 0 atom stereocenters. The van der Waals surface area contributed by atoms with E-state index in [1.807, 2.05) is 28.8 Å². The molecule has 4 rings (SSSR count). The van der Waals surface area contributed by atoms with Crippen molar-refractivity contribution in [3.8, 4) is 0 Å². The van der Waals surface area contributed by atoms with Crippen LogP contribution in [0.1, 0.15) is 19.3 Å². The van der Waals surface area contributed by atoms with Crippen LogP contribution in [-0.2, 0) is 18.4 Å². The lowest BCUT2D eigenvalue weighted by Gasteiger charge is -2.14. The summed E-state index contributed by atoms with van der Waals surface area (Å²) in [6, 6.07) is 7.75. The van der Waals surface area contributed by atoms with Gasteiger partial charge in [0.05, 0.1) is 6.20 Å². The third kappa shape index (κ3) is 3.47. The van der Waals surface area contributed by atoms with Gasteiger partial charge >= 0.3 is 0 Å². The first-order valence-electron chi connectivity index (χ1n) is 9.57. The summed E-state index contributed by atoms with van der Waals surface area (Å²) >= 11 is 0. The van der Waals surface area contributed by atoms with Gasteiger partial charge in [-0.3, -0.25) is 9.59 Å². The number of likely N-dealkylation sites (tertiary alicyclic amines) is 1. The lowest BCUT2D eigenvalue weighted by atomic mass is 10.2. The molecule has 2 aromatic heterocycles. The summed E-state index contributed by atoms with van der Waals surface area (Å²) in [6.07, 6.45) is 5.21. The molecule has 0 aliphatic carbocycles. The van der Waals surface area contributed by atoms with E-state index in [1.54, 1.807) is 13.2 Å². The van der Waals surface area contributed by atoms with E-state index in [0.29, 0.717) is 12.1 Å². The third-order valence-corrected chi connectivity index (χ3v) is 5.34. The first-order chi connectivity index (χ1) is 13.1. The first-order valence-corrected chi connectivity index (χ1v) is 9.57. The Kier molecular flexibility index (Phi) is 4.94. The number of benzene rings is 1. The van der Waals surface area contributed by atoms with Crippen molar-refractivity contribution >= 4 is 27.7 Å². The van der Waals surface area contributed by atoms with E-state index in [0.717, 1.165) is 29.3 Å². The Hall–Kier alpha value is -2.67. The van der Waals surface area contributed by atoms with Crippen LogP contribution >= 0.6 is 0 Å². The molecule has 1 aliphatic rings. The van der Waals surface area contributed by atoms with Gasteiger partial charge in [-0.1, -0.05) is 18.2 Å². The number of nitrogens with one attached hydrogen (secondary N) is 1. The first kappa shape index (κ1) is 17.7. The molecule has 7 heteroatoms.